The number of nitrogens with zero attached hydrogens (tertiary/aromatic N) is 1. The minimum atomic E-state index is 0.326. The molecule has 0 saturated carbocycles. The summed E-state index contributed by atoms with van der Waals surface area (Å²) in [5.74, 6) is 0.326. The number of likely N-dealkylation sites (tertiary alicyclic amines) is 1. The molecule has 2 heterocycles. The molecule has 0 radical (unpaired) electrons. The Kier molecular flexibility index (Phi) is 2.77. The van der Waals surface area contributed by atoms with Crippen LogP contribution in [-0.2, 0) is 4.79 Å². The highest BCUT2D eigenvalue weighted by Gasteiger charge is 2.39. The summed E-state index contributed by atoms with van der Waals surface area (Å²) in [5.41, 5.74) is 0.420. The van der Waals surface area contributed by atoms with Crippen LogP contribution in [0.25, 0.3) is 0 Å². The first-order chi connectivity index (χ1) is 6.76. The van der Waals surface area contributed by atoms with Gasteiger partial charge < -0.3 is 10.2 Å². The SMILES string of the molecule is CCC(=O)N1CCC2(CCCNC2)C1. The van der Waals surface area contributed by atoms with Crippen molar-refractivity contribution >= 4 is 5.91 Å². The zero-order chi connectivity index (χ0) is 10.0. The van der Waals surface area contributed by atoms with Gasteiger partial charge in [0.15, 0.2) is 0 Å². The molecule has 1 amide bonds. The van der Waals surface area contributed by atoms with Crippen molar-refractivity contribution in [3.8, 4) is 0 Å². The molecule has 2 saturated heterocycles. The minimum Gasteiger partial charge on any atom is -0.342 e. The second kappa shape index (κ2) is 3.89. The summed E-state index contributed by atoms with van der Waals surface area (Å²) in [6, 6.07) is 0. The second-order valence-corrected chi connectivity index (χ2v) is 4.70. The summed E-state index contributed by atoms with van der Waals surface area (Å²) in [7, 11) is 0. The summed E-state index contributed by atoms with van der Waals surface area (Å²) >= 11 is 0. The predicted molar refractivity (Wildman–Crippen MR) is 56.0 cm³/mol. The van der Waals surface area contributed by atoms with Gasteiger partial charge in [-0.3, -0.25) is 4.79 Å². The van der Waals surface area contributed by atoms with E-state index < -0.39 is 0 Å². The molecule has 0 aromatic heterocycles. The summed E-state index contributed by atoms with van der Waals surface area (Å²) in [5, 5.41) is 3.46. The average molecular weight is 196 g/mol. The van der Waals surface area contributed by atoms with Gasteiger partial charge >= 0.3 is 0 Å². The maximum absolute atomic E-state index is 11.5. The van der Waals surface area contributed by atoms with Crippen LogP contribution in [0.5, 0.6) is 0 Å². The number of hydrogen-bond donors (Lipinski definition) is 1. The molecule has 0 aromatic carbocycles. The van der Waals surface area contributed by atoms with E-state index in [1.165, 1.54) is 19.3 Å². The van der Waals surface area contributed by atoms with Crippen molar-refractivity contribution < 1.29 is 4.79 Å². The lowest BCUT2D eigenvalue weighted by atomic mass is 9.80. The Morgan fingerprint density at radius 3 is 3.00 bits per heavy atom. The van der Waals surface area contributed by atoms with Crippen LogP contribution in [-0.4, -0.2) is 37.0 Å². The Morgan fingerprint density at radius 1 is 1.50 bits per heavy atom. The third-order valence-corrected chi connectivity index (χ3v) is 3.65. The Morgan fingerprint density at radius 2 is 2.36 bits per heavy atom. The quantitative estimate of drug-likeness (QED) is 0.678. The normalized spacial score (nSPS) is 32.5. The molecule has 1 unspecified atom stereocenters. The fourth-order valence-corrected chi connectivity index (χ4v) is 2.75. The smallest absolute Gasteiger partial charge is 0.222 e. The van der Waals surface area contributed by atoms with Crippen LogP contribution in [0.2, 0.25) is 0 Å². The number of nitrogens with one attached hydrogen (secondary N) is 1. The van der Waals surface area contributed by atoms with Crippen LogP contribution in [0, 0.1) is 5.41 Å². The first-order valence-corrected chi connectivity index (χ1v) is 5.74. The maximum atomic E-state index is 11.5. The highest BCUT2D eigenvalue weighted by molar-refractivity contribution is 5.76. The van der Waals surface area contributed by atoms with Gasteiger partial charge in [0, 0.05) is 31.5 Å². The highest BCUT2D eigenvalue weighted by atomic mass is 16.2. The van der Waals surface area contributed by atoms with Crippen molar-refractivity contribution in [1.29, 1.82) is 0 Å². The zero-order valence-electron chi connectivity index (χ0n) is 9.01. The Labute approximate surface area is 85.8 Å². The first-order valence-electron chi connectivity index (χ1n) is 5.74. The molecule has 3 heteroatoms. The van der Waals surface area contributed by atoms with Gasteiger partial charge in [0.25, 0.3) is 0 Å². The lowest BCUT2D eigenvalue weighted by Crippen LogP contribution is -2.42. The lowest BCUT2D eigenvalue weighted by Gasteiger charge is -2.33. The van der Waals surface area contributed by atoms with Crippen molar-refractivity contribution in [2.75, 3.05) is 26.2 Å². The van der Waals surface area contributed by atoms with Gasteiger partial charge in [-0.2, -0.15) is 0 Å². The minimum absolute atomic E-state index is 0.326. The van der Waals surface area contributed by atoms with Gasteiger partial charge in [-0.25, -0.2) is 0 Å². The Balaban J connectivity index is 1.95. The fourth-order valence-electron chi connectivity index (χ4n) is 2.75. The molecule has 2 aliphatic heterocycles. The number of hydrogen-bond acceptors (Lipinski definition) is 2. The van der Waals surface area contributed by atoms with E-state index in [4.69, 9.17) is 0 Å². The molecule has 3 nitrogen and oxygen atoms in total. The molecule has 14 heavy (non-hydrogen) atoms. The van der Waals surface area contributed by atoms with Crippen LogP contribution < -0.4 is 5.32 Å². The molecule has 1 atom stereocenters. The van der Waals surface area contributed by atoms with Crippen molar-refractivity contribution in [3.05, 3.63) is 0 Å². The summed E-state index contributed by atoms with van der Waals surface area (Å²) in [4.78, 5) is 13.6. The number of amides is 1. The molecule has 0 aliphatic carbocycles. The third kappa shape index (κ3) is 1.78. The Bertz CT molecular complexity index is 221. The summed E-state index contributed by atoms with van der Waals surface area (Å²) in [6.45, 7) is 6.19. The molecule has 0 aromatic rings. The van der Waals surface area contributed by atoms with Crippen LogP contribution in [0.3, 0.4) is 0 Å². The molecule has 1 N–H and O–H groups in total. The largest absolute Gasteiger partial charge is 0.342 e. The lowest BCUT2D eigenvalue weighted by molar-refractivity contribution is -0.130. The molecule has 2 fully saturated rings. The summed E-state index contributed by atoms with van der Waals surface area (Å²) < 4.78 is 0. The van der Waals surface area contributed by atoms with E-state index in [1.54, 1.807) is 0 Å². The topological polar surface area (TPSA) is 32.3 Å². The van der Waals surface area contributed by atoms with Gasteiger partial charge in [0.05, 0.1) is 0 Å². The average Bonchev–Trinajstić information content (AvgIpc) is 2.62. The van der Waals surface area contributed by atoms with Gasteiger partial charge in [-0.15, -0.1) is 0 Å². The molecule has 80 valence electrons. The van der Waals surface area contributed by atoms with E-state index in [2.05, 4.69) is 5.32 Å². The molecule has 0 bridgehead atoms. The molecule has 2 rings (SSSR count). The zero-order valence-corrected chi connectivity index (χ0v) is 9.01. The van der Waals surface area contributed by atoms with Crippen LogP contribution in [0.15, 0.2) is 0 Å². The van der Waals surface area contributed by atoms with Gasteiger partial charge in [0.1, 0.15) is 0 Å². The van der Waals surface area contributed by atoms with E-state index in [9.17, 15) is 4.79 Å². The highest BCUT2D eigenvalue weighted by Crippen LogP contribution is 2.36. The van der Waals surface area contributed by atoms with Crippen molar-refractivity contribution in [2.45, 2.75) is 32.6 Å². The number of carbonyl (C=O) groups is 1. The van der Waals surface area contributed by atoms with Crippen LogP contribution in [0.4, 0.5) is 0 Å². The van der Waals surface area contributed by atoms with Crippen molar-refractivity contribution in [3.63, 3.8) is 0 Å². The van der Waals surface area contributed by atoms with E-state index in [1.807, 2.05) is 11.8 Å². The van der Waals surface area contributed by atoms with Crippen molar-refractivity contribution in [1.82, 2.24) is 10.2 Å². The number of rotatable bonds is 1. The monoisotopic (exact) mass is 196 g/mol. The predicted octanol–water partition coefficient (Wildman–Crippen LogP) is 0.998. The molecule has 1 spiro atoms. The second-order valence-electron chi connectivity index (χ2n) is 4.70. The molecular weight excluding hydrogens is 176 g/mol. The van der Waals surface area contributed by atoms with Gasteiger partial charge in [-0.05, 0) is 25.8 Å². The number of piperidine rings is 1. The maximum Gasteiger partial charge on any atom is 0.222 e. The van der Waals surface area contributed by atoms with Crippen LogP contribution >= 0.6 is 0 Å². The van der Waals surface area contributed by atoms with E-state index >= 15 is 0 Å². The first kappa shape index (κ1) is 9.97. The molecular formula is C11H20N2O. The van der Waals surface area contributed by atoms with Crippen LogP contribution in [0.1, 0.15) is 32.6 Å². The number of carbonyl (C=O) groups excluding carboxylic acids is 1. The summed E-state index contributed by atoms with van der Waals surface area (Å²) in [6.07, 6.45) is 4.43. The third-order valence-electron chi connectivity index (χ3n) is 3.65. The van der Waals surface area contributed by atoms with E-state index in [0.29, 0.717) is 17.7 Å². The van der Waals surface area contributed by atoms with Gasteiger partial charge in [0.2, 0.25) is 5.91 Å². The van der Waals surface area contributed by atoms with E-state index in [-0.39, 0.29) is 0 Å². The fraction of sp³-hybridized carbons (Fsp3) is 0.909. The van der Waals surface area contributed by atoms with Gasteiger partial charge in [-0.1, -0.05) is 6.92 Å². The van der Waals surface area contributed by atoms with Crippen molar-refractivity contribution in [2.24, 2.45) is 5.41 Å². The molecule has 2 aliphatic rings. The Hall–Kier alpha value is -0.570. The van der Waals surface area contributed by atoms with E-state index in [0.717, 1.165) is 26.2 Å². The standard InChI is InChI=1S/C11H20N2O/c1-2-10(14)13-7-5-11(9-13)4-3-6-12-8-11/h12H,2-9H2,1H3.